The minimum absolute atomic E-state index is 0.177. The van der Waals surface area contributed by atoms with Crippen LogP contribution in [-0.2, 0) is 5.88 Å². The van der Waals surface area contributed by atoms with Crippen molar-refractivity contribution in [1.82, 2.24) is 4.98 Å². The lowest BCUT2D eigenvalue weighted by Crippen LogP contribution is -2.18. The highest BCUT2D eigenvalue weighted by atomic mass is 35.5. The van der Waals surface area contributed by atoms with Crippen molar-refractivity contribution >= 4 is 11.6 Å². The number of aromatic nitrogens is 1. The van der Waals surface area contributed by atoms with Crippen LogP contribution in [0.15, 0.2) is 6.07 Å². The molecule has 0 aliphatic rings. The van der Waals surface area contributed by atoms with Crippen molar-refractivity contribution in [1.29, 1.82) is 0 Å². The lowest BCUT2D eigenvalue weighted by atomic mass is 10.1. The molecular weight excluding hydrogens is 285 g/mol. The van der Waals surface area contributed by atoms with Crippen molar-refractivity contribution < 1.29 is 31.4 Å². The third kappa shape index (κ3) is 3.59. The molecule has 0 atom stereocenters. The molecule has 1 aromatic rings. The fourth-order valence-corrected chi connectivity index (χ4v) is 1.48. The number of pyridine rings is 1. The van der Waals surface area contributed by atoms with Gasteiger partial charge in [0.15, 0.2) is 0 Å². The van der Waals surface area contributed by atoms with Gasteiger partial charge in [-0.15, -0.1) is 24.8 Å². The first-order valence-electron chi connectivity index (χ1n) is 4.46. The Bertz CT molecular complexity index is 424. The Morgan fingerprint density at radius 2 is 2.00 bits per heavy atom. The molecule has 0 saturated carbocycles. The van der Waals surface area contributed by atoms with Crippen molar-refractivity contribution in [3.8, 4) is 11.8 Å². The minimum atomic E-state index is -5.03. The lowest BCUT2D eigenvalue weighted by molar-refractivity contribution is -0.276. The van der Waals surface area contributed by atoms with Crippen LogP contribution < -0.4 is 9.47 Å². The summed E-state index contributed by atoms with van der Waals surface area (Å²) < 4.78 is 69.3. The summed E-state index contributed by atoms with van der Waals surface area (Å²) >= 11 is 5.43. The second-order valence-electron chi connectivity index (χ2n) is 3.02. The summed E-state index contributed by atoms with van der Waals surface area (Å²) in [5, 5.41) is 0. The van der Waals surface area contributed by atoms with Gasteiger partial charge in [0.1, 0.15) is 0 Å². The lowest BCUT2D eigenvalue weighted by Gasteiger charge is -2.14. The van der Waals surface area contributed by atoms with E-state index in [4.69, 9.17) is 11.6 Å². The minimum Gasteiger partial charge on any atom is -0.481 e. The van der Waals surface area contributed by atoms with E-state index in [0.717, 1.165) is 7.11 Å². The van der Waals surface area contributed by atoms with Crippen molar-refractivity contribution in [3.63, 3.8) is 0 Å². The molecule has 0 aliphatic heterocycles. The first kappa shape index (κ1) is 14.7. The first-order valence-corrected chi connectivity index (χ1v) is 4.99. The van der Waals surface area contributed by atoms with Gasteiger partial charge < -0.3 is 9.47 Å². The van der Waals surface area contributed by atoms with Crippen molar-refractivity contribution in [2.45, 2.75) is 18.7 Å². The third-order valence-electron chi connectivity index (χ3n) is 1.88. The van der Waals surface area contributed by atoms with E-state index in [9.17, 15) is 22.0 Å². The number of alkyl halides is 6. The van der Waals surface area contributed by atoms with Gasteiger partial charge in [-0.1, -0.05) is 0 Å². The summed E-state index contributed by atoms with van der Waals surface area (Å²) in [5.41, 5.74) is -0.889. The Balaban J connectivity index is 3.27. The van der Waals surface area contributed by atoms with Gasteiger partial charge in [-0.3, -0.25) is 0 Å². The van der Waals surface area contributed by atoms with Crippen LogP contribution in [-0.4, -0.2) is 18.5 Å². The summed E-state index contributed by atoms with van der Waals surface area (Å²) in [4.78, 5) is 3.31. The molecule has 1 rings (SSSR count). The highest BCUT2D eigenvalue weighted by Gasteiger charge is 2.33. The number of nitrogens with zero attached hydrogens (tertiary/aromatic N) is 1. The van der Waals surface area contributed by atoms with Crippen molar-refractivity contribution in [3.05, 3.63) is 17.2 Å². The molecule has 0 fully saturated rings. The zero-order valence-electron chi connectivity index (χ0n) is 8.89. The molecule has 0 bridgehead atoms. The Morgan fingerprint density at radius 1 is 1.39 bits per heavy atom. The molecule has 18 heavy (non-hydrogen) atoms. The molecule has 0 amide bonds. The smallest absolute Gasteiger partial charge is 0.481 e. The molecule has 0 N–H and O–H groups in total. The van der Waals surface area contributed by atoms with E-state index < -0.39 is 30.1 Å². The standard InChI is InChI=1S/C9H7ClF5NO2/c1-17-8-5(3-10)4(7(11)12)2-6(16-8)18-9(13,14)15/h2,7H,3H2,1H3. The normalized spacial score (nSPS) is 11.8. The van der Waals surface area contributed by atoms with Gasteiger partial charge >= 0.3 is 6.36 Å². The van der Waals surface area contributed by atoms with E-state index in [0.29, 0.717) is 6.07 Å². The molecular formula is C9H7ClF5NO2. The highest BCUT2D eigenvalue weighted by Crippen LogP contribution is 2.34. The summed E-state index contributed by atoms with van der Waals surface area (Å²) in [5.74, 6) is -1.83. The average Bonchev–Trinajstić information content (AvgIpc) is 2.25. The monoisotopic (exact) mass is 291 g/mol. The van der Waals surface area contributed by atoms with Crippen molar-refractivity contribution in [2.75, 3.05) is 7.11 Å². The van der Waals surface area contributed by atoms with Gasteiger partial charge in [0, 0.05) is 17.2 Å². The number of ether oxygens (including phenoxy) is 2. The van der Waals surface area contributed by atoms with Crippen LogP contribution >= 0.6 is 11.6 Å². The summed E-state index contributed by atoms with van der Waals surface area (Å²) in [7, 11) is 1.07. The fraction of sp³-hybridized carbons (Fsp3) is 0.444. The van der Waals surface area contributed by atoms with Crippen molar-refractivity contribution in [2.24, 2.45) is 0 Å². The number of hydrogen-bond donors (Lipinski definition) is 0. The maximum absolute atomic E-state index is 12.7. The van der Waals surface area contributed by atoms with E-state index in [1.165, 1.54) is 0 Å². The average molecular weight is 292 g/mol. The maximum Gasteiger partial charge on any atom is 0.574 e. The predicted octanol–water partition coefficient (Wildman–Crippen LogP) is 3.67. The first-order chi connectivity index (χ1) is 8.28. The molecule has 1 aromatic heterocycles. The topological polar surface area (TPSA) is 31.4 Å². The van der Waals surface area contributed by atoms with E-state index in [1.54, 1.807) is 0 Å². The fourth-order valence-electron chi connectivity index (χ4n) is 1.21. The van der Waals surface area contributed by atoms with E-state index in [2.05, 4.69) is 14.5 Å². The number of rotatable bonds is 4. The molecule has 0 saturated heterocycles. The number of methoxy groups -OCH3 is 1. The van der Waals surface area contributed by atoms with Crippen LogP contribution in [0.2, 0.25) is 0 Å². The highest BCUT2D eigenvalue weighted by molar-refractivity contribution is 6.17. The summed E-state index contributed by atoms with van der Waals surface area (Å²) in [6.45, 7) is 0. The van der Waals surface area contributed by atoms with Crippen LogP contribution in [0, 0.1) is 0 Å². The Kier molecular flexibility index (Phi) is 4.55. The van der Waals surface area contributed by atoms with Crippen LogP contribution in [0.5, 0.6) is 11.8 Å². The molecule has 0 unspecified atom stereocenters. The zero-order valence-corrected chi connectivity index (χ0v) is 9.65. The quantitative estimate of drug-likeness (QED) is 0.626. The maximum atomic E-state index is 12.7. The van der Waals surface area contributed by atoms with Crippen LogP contribution in [0.3, 0.4) is 0 Å². The second-order valence-corrected chi connectivity index (χ2v) is 3.29. The largest absolute Gasteiger partial charge is 0.574 e. The molecule has 0 aliphatic carbocycles. The Hall–Kier alpha value is -1.31. The van der Waals surface area contributed by atoms with E-state index >= 15 is 0 Å². The molecule has 102 valence electrons. The Morgan fingerprint density at radius 3 is 2.39 bits per heavy atom. The van der Waals surface area contributed by atoms with Crippen LogP contribution in [0.1, 0.15) is 17.6 Å². The predicted molar refractivity (Wildman–Crippen MR) is 52.0 cm³/mol. The molecule has 0 radical (unpaired) electrons. The third-order valence-corrected chi connectivity index (χ3v) is 2.15. The van der Waals surface area contributed by atoms with E-state index in [1.807, 2.05) is 0 Å². The van der Waals surface area contributed by atoms with Gasteiger partial charge in [0.05, 0.1) is 13.0 Å². The molecule has 1 heterocycles. The summed E-state index contributed by atoms with van der Waals surface area (Å²) in [6.07, 6.45) is -8.05. The van der Waals surface area contributed by atoms with Crippen LogP contribution in [0.25, 0.3) is 0 Å². The Labute approximate surface area is 103 Å². The molecule has 9 heteroatoms. The summed E-state index contributed by atoms with van der Waals surface area (Å²) in [6, 6.07) is 0.485. The van der Waals surface area contributed by atoms with E-state index in [-0.39, 0.29) is 11.4 Å². The van der Waals surface area contributed by atoms with Gasteiger partial charge in [-0.2, -0.15) is 4.98 Å². The molecule has 0 spiro atoms. The SMILES string of the molecule is COc1nc(OC(F)(F)F)cc(C(F)F)c1CCl. The van der Waals surface area contributed by atoms with Gasteiger partial charge in [0.2, 0.25) is 11.8 Å². The molecule has 0 aromatic carbocycles. The number of hydrogen-bond acceptors (Lipinski definition) is 3. The van der Waals surface area contributed by atoms with Gasteiger partial charge in [0.25, 0.3) is 6.43 Å². The zero-order chi connectivity index (χ0) is 13.9. The second kappa shape index (κ2) is 5.55. The van der Waals surface area contributed by atoms with Gasteiger partial charge in [-0.25, -0.2) is 8.78 Å². The van der Waals surface area contributed by atoms with Gasteiger partial charge in [-0.05, 0) is 0 Å². The molecule has 3 nitrogen and oxygen atoms in total. The number of halogens is 6. The van der Waals surface area contributed by atoms with Crippen LogP contribution in [0.4, 0.5) is 22.0 Å².